The van der Waals surface area contributed by atoms with Gasteiger partial charge in [-0.2, -0.15) is 0 Å². The molecule has 2 atom stereocenters. The fourth-order valence-electron chi connectivity index (χ4n) is 13.4. The van der Waals surface area contributed by atoms with Gasteiger partial charge in [0.25, 0.3) is 0 Å². The van der Waals surface area contributed by atoms with E-state index < -0.39 is 18.9 Å². The van der Waals surface area contributed by atoms with E-state index in [4.69, 9.17) is 4.74 Å². The van der Waals surface area contributed by atoms with Crippen molar-refractivity contribution < 1.29 is 8.95 Å². The zero-order valence-corrected chi connectivity index (χ0v) is 35.4. The molecule has 10 rings (SSSR count). The Morgan fingerprint density at radius 2 is 1.08 bits per heavy atom. The first-order valence-electron chi connectivity index (χ1n) is 20.7. The highest BCUT2D eigenvalue weighted by Gasteiger charge is 2.63. The molecule has 0 spiro atoms. The molecule has 8 fully saturated rings. The predicted molar refractivity (Wildman–Crippen MR) is 218 cm³/mol. The molecule has 0 heterocycles. The Kier molecular flexibility index (Phi) is 9.12. The molecule has 8 aliphatic rings. The summed E-state index contributed by atoms with van der Waals surface area (Å²) in [5.41, 5.74) is 4.91. The highest BCUT2D eigenvalue weighted by Crippen LogP contribution is 2.78. The van der Waals surface area contributed by atoms with Crippen LogP contribution in [0, 0.1) is 35.5 Å². The predicted octanol–water partition coefficient (Wildman–Crippen LogP) is 11.5. The number of nitrogens with one attached hydrogen (secondary N) is 1. The molecule has 0 saturated heterocycles. The first-order valence-corrected chi connectivity index (χ1v) is 23.2. The van der Waals surface area contributed by atoms with E-state index >= 15 is 0 Å². The van der Waals surface area contributed by atoms with Crippen molar-refractivity contribution in [2.75, 3.05) is 7.11 Å². The van der Waals surface area contributed by atoms with Gasteiger partial charge in [-0.3, -0.25) is 0 Å². The molecule has 2 aromatic rings. The second-order valence-corrected chi connectivity index (χ2v) is 26.8. The van der Waals surface area contributed by atoms with E-state index in [0.29, 0.717) is 10.3 Å². The average molecular weight is 730 g/mol. The maximum absolute atomic E-state index is 14.4. The number of rotatable bonds is 8. The number of ether oxygens (including phenoxy) is 1. The van der Waals surface area contributed by atoms with E-state index in [1.165, 1.54) is 99.3 Å². The Morgan fingerprint density at radius 3 is 1.43 bits per heavy atom. The Labute approximate surface area is 315 Å². The standard InChI is InChI=1S/C46H68NO2PS/c1-42(2,3)37-21-35(22-38(41(37)49-10)43(4,5)6)40(47-51(48)44(7,8)9)36-13-11-12-14-39(36)50(45-23-29-15-30(24-45)17-31(16-29)25-45)46-26-32-18-33(27-46)20-34(19-32)28-46/h11-14,21-22,29-34,40,47H,15-20,23-28H2,1-10H3/t29?,30?,31?,32?,33?,34?,40-,45?,46?,50?,51+/m0/s1. The van der Waals surface area contributed by atoms with E-state index in [2.05, 4.69) is 103 Å². The minimum absolute atomic E-state index is 0.111. The van der Waals surface area contributed by atoms with Crippen LogP contribution in [0.15, 0.2) is 36.4 Å². The molecule has 8 aliphatic carbocycles. The lowest BCUT2D eigenvalue weighted by Gasteiger charge is -2.67. The Balaban J connectivity index is 1.35. The third kappa shape index (κ3) is 6.54. The summed E-state index contributed by atoms with van der Waals surface area (Å²) in [4.78, 5) is 0. The molecule has 8 saturated carbocycles. The van der Waals surface area contributed by atoms with E-state index in [-0.39, 0.29) is 21.6 Å². The summed E-state index contributed by atoms with van der Waals surface area (Å²) < 4.78 is 24.2. The molecule has 8 bridgehead atoms. The monoisotopic (exact) mass is 729 g/mol. The molecule has 51 heavy (non-hydrogen) atoms. The molecule has 2 aromatic carbocycles. The highest BCUT2D eigenvalue weighted by molar-refractivity contribution is 7.84. The molecule has 5 heteroatoms. The van der Waals surface area contributed by atoms with E-state index in [1.54, 1.807) is 5.30 Å². The van der Waals surface area contributed by atoms with Crippen molar-refractivity contribution in [3.05, 3.63) is 58.7 Å². The van der Waals surface area contributed by atoms with Crippen LogP contribution in [-0.4, -0.2) is 26.4 Å². The van der Waals surface area contributed by atoms with Crippen LogP contribution in [-0.2, 0) is 21.8 Å². The minimum atomic E-state index is -1.25. The minimum Gasteiger partial charge on any atom is -0.496 e. The molecular formula is C46H68NO2PS. The van der Waals surface area contributed by atoms with Gasteiger partial charge in [0, 0.05) is 11.1 Å². The number of methoxy groups -OCH3 is 1. The summed E-state index contributed by atoms with van der Waals surface area (Å²) in [6, 6.07) is 14.4. The Hall–Kier alpha value is -1.22. The number of hydrogen-bond acceptors (Lipinski definition) is 2. The van der Waals surface area contributed by atoms with Gasteiger partial charge in [0.05, 0.1) is 28.9 Å². The normalized spacial score (nSPS) is 36.0. The first kappa shape index (κ1) is 36.7. The quantitative estimate of drug-likeness (QED) is 0.275. The van der Waals surface area contributed by atoms with Crippen LogP contribution in [0.1, 0.15) is 168 Å². The van der Waals surface area contributed by atoms with Gasteiger partial charge >= 0.3 is 0 Å². The second kappa shape index (κ2) is 12.7. The molecule has 0 amide bonds. The van der Waals surface area contributed by atoms with Gasteiger partial charge in [0.1, 0.15) is 5.75 Å². The molecule has 0 aliphatic heterocycles. The van der Waals surface area contributed by atoms with Crippen LogP contribution in [0.2, 0.25) is 0 Å². The van der Waals surface area contributed by atoms with Crippen molar-refractivity contribution in [2.45, 2.75) is 171 Å². The van der Waals surface area contributed by atoms with Crippen LogP contribution < -0.4 is 14.8 Å². The third-order valence-corrected chi connectivity index (χ3v) is 19.9. The lowest BCUT2D eigenvalue weighted by molar-refractivity contribution is 0.0195. The van der Waals surface area contributed by atoms with Crippen LogP contribution in [0.3, 0.4) is 0 Å². The average Bonchev–Trinajstić information content (AvgIpc) is 3.00. The van der Waals surface area contributed by atoms with Gasteiger partial charge in [0.15, 0.2) is 0 Å². The maximum atomic E-state index is 14.4. The van der Waals surface area contributed by atoms with Crippen LogP contribution in [0.4, 0.5) is 0 Å². The van der Waals surface area contributed by atoms with Gasteiger partial charge in [-0.1, -0.05) is 73.7 Å². The van der Waals surface area contributed by atoms with Gasteiger partial charge in [-0.05, 0) is 183 Å². The topological polar surface area (TPSA) is 38.3 Å². The van der Waals surface area contributed by atoms with Gasteiger partial charge in [0.2, 0.25) is 0 Å². The molecular weight excluding hydrogens is 662 g/mol. The molecule has 0 unspecified atom stereocenters. The lowest BCUT2D eigenvalue weighted by atomic mass is 9.55. The fraction of sp³-hybridized carbons (Fsp3) is 0.739. The van der Waals surface area contributed by atoms with Crippen molar-refractivity contribution in [2.24, 2.45) is 35.5 Å². The van der Waals surface area contributed by atoms with Crippen molar-refractivity contribution >= 4 is 24.2 Å². The summed E-state index contributed by atoms with van der Waals surface area (Å²) in [5, 5.41) is 2.60. The zero-order chi connectivity index (χ0) is 36.3. The van der Waals surface area contributed by atoms with E-state index in [0.717, 1.165) is 41.3 Å². The number of benzene rings is 2. The van der Waals surface area contributed by atoms with Crippen molar-refractivity contribution in [3.8, 4) is 5.75 Å². The summed E-state index contributed by atoms with van der Waals surface area (Å²) in [5.74, 6) is 6.65. The maximum Gasteiger partial charge on any atom is 0.126 e. The highest BCUT2D eigenvalue weighted by atomic mass is 32.2. The molecule has 1 N–H and O–H groups in total. The zero-order valence-electron chi connectivity index (χ0n) is 33.7. The Morgan fingerprint density at radius 1 is 0.686 bits per heavy atom. The van der Waals surface area contributed by atoms with Gasteiger partial charge in [-0.25, -0.2) is 8.93 Å². The molecule has 3 nitrogen and oxygen atoms in total. The summed E-state index contributed by atoms with van der Waals surface area (Å²) in [6.45, 7) is 20.2. The summed E-state index contributed by atoms with van der Waals surface area (Å²) in [6.07, 6.45) is 17.8. The van der Waals surface area contributed by atoms with Crippen LogP contribution in [0.25, 0.3) is 0 Å². The molecule has 0 aromatic heterocycles. The first-order chi connectivity index (χ1) is 23.9. The smallest absolute Gasteiger partial charge is 0.126 e. The van der Waals surface area contributed by atoms with Crippen molar-refractivity contribution in [3.63, 3.8) is 0 Å². The Bertz CT molecular complexity index is 1520. The lowest BCUT2D eigenvalue weighted by Crippen LogP contribution is -2.58. The second-order valence-electron chi connectivity index (χ2n) is 21.8. The van der Waals surface area contributed by atoms with E-state index in [9.17, 15) is 4.21 Å². The third-order valence-electron chi connectivity index (χ3n) is 14.5. The van der Waals surface area contributed by atoms with Gasteiger partial charge in [-0.15, -0.1) is 0 Å². The SMILES string of the molecule is COc1c(C(C)(C)C)cc([C@H](N[S@](=O)C(C)(C)C)c2ccccc2P(C23CC4CC(CC(C4)C2)C3)C23CC4CC(CC(C4)C2)C3)cc1C(C)(C)C. The molecule has 280 valence electrons. The fourth-order valence-corrected chi connectivity index (χ4v) is 19.6. The van der Waals surface area contributed by atoms with Crippen LogP contribution >= 0.6 is 7.92 Å². The summed E-state index contributed by atoms with van der Waals surface area (Å²) in [7, 11) is 0.156. The van der Waals surface area contributed by atoms with Crippen molar-refractivity contribution in [1.82, 2.24) is 4.72 Å². The summed E-state index contributed by atoms with van der Waals surface area (Å²) >= 11 is 0. The number of hydrogen-bond donors (Lipinski definition) is 1. The largest absolute Gasteiger partial charge is 0.496 e. The van der Waals surface area contributed by atoms with Crippen molar-refractivity contribution in [1.29, 1.82) is 0 Å². The van der Waals surface area contributed by atoms with Gasteiger partial charge < -0.3 is 4.74 Å². The van der Waals surface area contributed by atoms with E-state index in [1.807, 2.05) is 7.11 Å². The van der Waals surface area contributed by atoms with Crippen LogP contribution in [0.5, 0.6) is 5.75 Å². The molecule has 0 radical (unpaired) electrons.